The molecule has 2 heterocycles. The van der Waals surface area contributed by atoms with E-state index in [4.69, 9.17) is 32.7 Å². The highest BCUT2D eigenvalue weighted by molar-refractivity contribution is 6.40. The average molecular weight is 388 g/mol. The molecule has 1 aliphatic rings. The number of hydrogen-bond donors (Lipinski definition) is 2. The van der Waals surface area contributed by atoms with Crippen LogP contribution in [-0.2, 0) is 19.1 Å². The minimum atomic E-state index is -0.829. The molecular formula is C16H19Cl2N3O4. The number of dihydropyridines is 1. The van der Waals surface area contributed by atoms with E-state index in [1.54, 1.807) is 27.7 Å². The molecule has 136 valence electrons. The van der Waals surface area contributed by atoms with E-state index in [1.165, 1.54) is 0 Å². The standard InChI is InChI=1S/C16H19Cl2N3O4/c1-5-24-15(22)9-7(3)19-8(4)10(16(23)25-6-2)11(9)14-20-12(17)13(18)21-14/h11,19H,5-6H2,1-4H3,(H,20,21). The van der Waals surface area contributed by atoms with E-state index in [-0.39, 0.29) is 40.5 Å². The largest absolute Gasteiger partial charge is 0.463 e. The highest BCUT2D eigenvalue weighted by Crippen LogP contribution is 2.39. The van der Waals surface area contributed by atoms with Gasteiger partial charge < -0.3 is 19.8 Å². The summed E-state index contributed by atoms with van der Waals surface area (Å²) in [7, 11) is 0. The van der Waals surface area contributed by atoms with Crippen LogP contribution in [0, 0.1) is 0 Å². The van der Waals surface area contributed by atoms with Crippen molar-refractivity contribution < 1.29 is 19.1 Å². The Labute approximate surface area is 155 Å². The van der Waals surface area contributed by atoms with Gasteiger partial charge in [0.05, 0.1) is 30.3 Å². The summed E-state index contributed by atoms with van der Waals surface area (Å²) in [5.41, 5.74) is 1.60. The van der Waals surface area contributed by atoms with Gasteiger partial charge in [-0.05, 0) is 27.7 Å². The second kappa shape index (κ2) is 7.93. The number of imidazole rings is 1. The van der Waals surface area contributed by atoms with E-state index >= 15 is 0 Å². The van der Waals surface area contributed by atoms with Gasteiger partial charge in [-0.15, -0.1) is 0 Å². The van der Waals surface area contributed by atoms with Crippen molar-refractivity contribution >= 4 is 35.1 Å². The van der Waals surface area contributed by atoms with Gasteiger partial charge in [0, 0.05) is 11.4 Å². The first-order valence-corrected chi connectivity index (χ1v) is 8.51. The smallest absolute Gasteiger partial charge is 0.336 e. The van der Waals surface area contributed by atoms with Crippen LogP contribution in [0.15, 0.2) is 22.5 Å². The third-order valence-corrected chi connectivity index (χ3v) is 4.31. The van der Waals surface area contributed by atoms with Gasteiger partial charge in [0.15, 0.2) is 5.15 Å². The number of allylic oxidation sites excluding steroid dienone is 2. The lowest BCUT2D eigenvalue weighted by Crippen LogP contribution is -2.33. The lowest BCUT2D eigenvalue weighted by atomic mass is 9.85. The molecular weight excluding hydrogens is 369 g/mol. The van der Waals surface area contributed by atoms with Crippen LogP contribution in [0.2, 0.25) is 10.3 Å². The fourth-order valence-corrected chi connectivity index (χ4v) is 2.99. The van der Waals surface area contributed by atoms with Crippen molar-refractivity contribution in [3.8, 4) is 0 Å². The second-order valence-electron chi connectivity index (χ2n) is 5.30. The summed E-state index contributed by atoms with van der Waals surface area (Å²) in [6, 6.07) is 0. The van der Waals surface area contributed by atoms with Crippen molar-refractivity contribution in [1.29, 1.82) is 0 Å². The molecule has 0 atom stereocenters. The highest BCUT2D eigenvalue weighted by atomic mass is 35.5. The molecule has 25 heavy (non-hydrogen) atoms. The van der Waals surface area contributed by atoms with Crippen LogP contribution < -0.4 is 5.32 Å². The number of nitrogens with zero attached hydrogens (tertiary/aromatic N) is 1. The Morgan fingerprint density at radius 1 is 1.04 bits per heavy atom. The van der Waals surface area contributed by atoms with E-state index in [2.05, 4.69) is 15.3 Å². The van der Waals surface area contributed by atoms with Crippen molar-refractivity contribution in [3.63, 3.8) is 0 Å². The van der Waals surface area contributed by atoms with E-state index in [0.29, 0.717) is 11.4 Å². The quantitative estimate of drug-likeness (QED) is 0.753. The fourth-order valence-electron chi connectivity index (χ4n) is 2.71. The van der Waals surface area contributed by atoms with Gasteiger partial charge in [0.2, 0.25) is 0 Å². The van der Waals surface area contributed by atoms with E-state index < -0.39 is 17.9 Å². The summed E-state index contributed by atoms with van der Waals surface area (Å²) in [6.07, 6.45) is 0. The van der Waals surface area contributed by atoms with Crippen LogP contribution in [0.4, 0.5) is 0 Å². The zero-order valence-corrected chi connectivity index (χ0v) is 15.8. The molecule has 2 N–H and O–H groups in total. The number of aromatic nitrogens is 2. The van der Waals surface area contributed by atoms with Gasteiger partial charge in [0.25, 0.3) is 0 Å². The van der Waals surface area contributed by atoms with Gasteiger partial charge in [-0.25, -0.2) is 14.6 Å². The maximum Gasteiger partial charge on any atom is 0.336 e. The zero-order valence-electron chi connectivity index (χ0n) is 14.3. The van der Waals surface area contributed by atoms with Crippen molar-refractivity contribution in [3.05, 3.63) is 38.7 Å². The predicted octanol–water partition coefficient (Wildman–Crippen LogP) is 3.08. The Morgan fingerprint density at radius 2 is 1.52 bits per heavy atom. The summed E-state index contributed by atoms with van der Waals surface area (Å²) in [6.45, 7) is 7.23. The zero-order chi connectivity index (χ0) is 18.7. The summed E-state index contributed by atoms with van der Waals surface area (Å²) in [4.78, 5) is 32.0. The van der Waals surface area contributed by atoms with Crippen LogP contribution >= 0.6 is 23.2 Å². The minimum Gasteiger partial charge on any atom is -0.463 e. The molecule has 0 aromatic carbocycles. The third-order valence-electron chi connectivity index (χ3n) is 3.66. The summed E-state index contributed by atoms with van der Waals surface area (Å²) in [5, 5.41) is 3.20. The van der Waals surface area contributed by atoms with Crippen molar-refractivity contribution in [2.24, 2.45) is 0 Å². The Balaban J connectivity index is 2.63. The molecule has 1 aromatic heterocycles. The normalized spacial score (nSPS) is 15.3. The summed E-state index contributed by atoms with van der Waals surface area (Å²) >= 11 is 11.9. The Kier molecular flexibility index (Phi) is 6.13. The van der Waals surface area contributed by atoms with Crippen LogP contribution in [0.25, 0.3) is 0 Å². The molecule has 0 bridgehead atoms. The number of ether oxygens (including phenoxy) is 2. The number of carbonyl (C=O) groups excluding carboxylic acids is 2. The molecule has 0 saturated heterocycles. The van der Waals surface area contributed by atoms with Crippen molar-refractivity contribution in [2.45, 2.75) is 33.6 Å². The van der Waals surface area contributed by atoms with Gasteiger partial charge >= 0.3 is 11.9 Å². The van der Waals surface area contributed by atoms with Crippen molar-refractivity contribution in [2.75, 3.05) is 13.2 Å². The number of rotatable bonds is 5. The highest BCUT2D eigenvalue weighted by Gasteiger charge is 2.40. The van der Waals surface area contributed by atoms with Crippen LogP contribution in [0.5, 0.6) is 0 Å². The topological polar surface area (TPSA) is 93.3 Å². The molecule has 9 heteroatoms. The van der Waals surface area contributed by atoms with Crippen LogP contribution in [0.3, 0.4) is 0 Å². The van der Waals surface area contributed by atoms with Gasteiger partial charge in [-0.2, -0.15) is 0 Å². The summed E-state index contributed by atoms with van der Waals surface area (Å²) < 4.78 is 10.3. The van der Waals surface area contributed by atoms with E-state index in [0.717, 1.165) is 0 Å². The Morgan fingerprint density at radius 3 is 1.88 bits per heavy atom. The number of halogens is 2. The average Bonchev–Trinajstić information content (AvgIpc) is 2.86. The Hall–Kier alpha value is -1.99. The van der Waals surface area contributed by atoms with Crippen molar-refractivity contribution in [1.82, 2.24) is 15.3 Å². The first kappa shape index (κ1) is 19.3. The molecule has 2 rings (SSSR count). The second-order valence-corrected chi connectivity index (χ2v) is 6.04. The molecule has 0 spiro atoms. The third kappa shape index (κ3) is 3.82. The van der Waals surface area contributed by atoms with Gasteiger partial charge in [-0.3, -0.25) is 0 Å². The maximum atomic E-state index is 12.5. The van der Waals surface area contributed by atoms with E-state index in [9.17, 15) is 9.59 Å². The monoisotopic (exact) mass is 387 g/mol. The number of nitrogens with one attached hydrogen (secondary N) is 2. The Bertz CT molecular complexity index is 708. The molecule has 1 aliphatic heterocycles. The molecule has 0 aliphatic carbocycles. The molecule has 0 fully saturated rings. The van der Waals surface area contributed by atoms with Crippen LogP contribution in [0.1, 0.15) is 39.4 Å². The predicted molar refractivity (Wildman–Crippen MR) is 93.2 cm³/mol. The molecule has 0 unspecified atom stereocenters. The first-order valence-electron chi connectivity index (χ1n) is 7.75. The SMILES string of the molecule is CCOC(=O)C1=C(C)NC(C)=C(C(=O)OCC)C1c1nc(Cl)c(Cl)[nH]1. The molecule has 0 saturated carbocycles. The minimum absolute atomic E-state index is 0.0527. The van der Waals surface area contributed by atoms with Gasteiger partial charge in [-0.1, -0.05) is 23.2 Å². The number of hydrogen-bond acceptors (Lipinski definition) is 6. The number of aromatic amines is 1. The first-order chi connectivity index (χ1) is 11.8. The molecule has 1 aromatic rings. The van der Waals surface area contributed by atoms with Crippen LogP contribution in [-0.4, -0.2) is 35.1 Å². The van der Waals surface area contributed by atoms with E-state index in [1.807, 2.05) is 0 Å². The lowest BCUT2D eigenvalue weighted by molar-refractivity contribution is -0.139. The molecule has 7 nitrogen and oxygen atoms in total. The molecule has 0 radical (unpaired) electrons. The number of carbonyl (C=O) groups is 2. The number of esters is 2. The maximum absolute atomic E-state index is 12.5. The fraction of sp³-hybridized carbons (Fsp3) is 0.438. The lowest BCUT2D eigenvalue weighted by Gasteiger charge is -2.28. The molecule has 0 amide bonds. The summed E-state index contributed by atoms with van der Waals surface area (Å²) in [5.74, 6) is -1.68. The van der Waals surface area contributed by atoms with Gasteiger partial charge in [0.1, 0.15) is 11.0 Å². The number of H-pyrrole nitrogens is 1.